The van der Waals surface area contributed by atoms with Gasteiger partial charge in [0.1, 0.15) is 9.39 Å². The second kappa shape index (κ2) is 5.80. The second-order valence-corrected chi connectivity index (χ2v) is 8.30. The number of imidazole rings is 1. The van der Waals surface area contributed by atoms with Crippen molar-refractivity contribution in [3.05, 3.63) is 46.6 Å². The summed E-state index contributed by atoms with van der Waals surface area (Å²) in [6.45, 7) is 11.8. The molecule has 0 spiro atoms. The highest BCUT2D eigenvalue weighted by molar-refractivity contribution is 14.1. The van der Waals surface area contributed by atoms with E-state index in [-0.39, 0.29) is 10.6 Å². The Morgan fingerprint density at radius 3 is 2.21 bits per heavy atom. The normalized spacial score (nSPS) is 11.5. The standard InChI is InChI=1S/C17H18IN3O2S/c1-7-8(2)13(10(4)15(9(7)3)21(22)23)14-16(18)20-11(5)12(6)24-17(20)19-14/h1-6H3. The third-order valence-corrected chi connectivity index (χ3v) is 6.94. The number of nitro groups is 1. The molecule has 7 heteroatoms. The molecule has 0 saturated heterocycles. The summed E-state index contributed by atoms with van der Waals surface area (Å²) in [6, 6.07) is 0. The molecule has 0 radical (unpaired) electrons. The number of hydrogen-bond acceptors (Lipinski definition) is 4. The van der Waals surface area contributed by atoms with Crippen LogP contribution in [0.3, 0.4) is 0 Å². The average molecular weight is 455 g/mol. The van der Waals surface area contributed by atoms with Gasteiger partial charge in [0.2, 0.25) is 0 Å². The lowest BCUT2D eigenvalue weighted by molar-refractivity contribution is -0.386. The van der Waals surface area contributed by atoms with Crippen LogP contribution in [0.5, 0.6) is 0 Å². The number of fused-ring (bicyclic) bond motifs is 1. The highest BCUT2D eigenvalue weighted by atomic mass is 127. The topological polar surface area (TPSA) is 60.4 Å². The van der Waals surface area contributed by atoms with E-state index in [0.717, 1.165) is 36.6 Å². The molecule has 3 rings (SSSR count). The van der Waals surface area contributed by atoms with Crippen LogP contribution in [0.2, 0.25) is 0 Å². The van der Waals surface area contributed by atoms with E-state index in [4.69, 9.17) is 4.98 Å². The molecule has 126 valence electrons. The maximum Gasteiger partial charge on any atom is 0.276 e. The minimum atomic E-state index is -0.276. The summed E-state index contributed by atoms with van der Waals surface area (Å²) in [7, 11) is 0. The summed E-state index contributed by atoms with van der Waals surface area (Å²) in [4.78, 5) is 18.3. The van der Waals surface area contributed by atoms with Gasteiger partial charge in [-0.2, -0.15) is 0 Å². The van der Waals surface area contributed by atoms with Crippen molar-refractivity contribution in [1.29, 1.82) is 0 Å². The Kier molecular flexibility index (Phi) is 4.19. The van der Waals surface area contributed by atoms with E-state index in [9.17, 15) is 10.1 Å². The number of aromatic nitrogens is 2. The summed E-state index contributed by atoms with van der Waals surface area (Å²) < 4.78 is 3.14. The van der Waals surface area contributed by atoms with Crippen LogP contribution in [0, 0.1) is 55.4 Å². The Labute approximate surface area is 158 Å². The summed E-state index contributed by atoms with van der Waals surface area (Å²) in [6.07, 6.45) is 0. The molecule has 0 saturated carbocycles. The van der Waals surface area contributed by atoms with E-state index in [2.05, 4.69) is 40.8 Å². The minimum absolute atomic E-state index is 0.202. The zero-order valence-corrected chi connectivity index (χ0v) is 17.4. The van der Waals surface area contributed by atoms with Gasteiger partial charge in [0, 0.05) is 27.3 Å². The van der Waals surface area contributed by atoms with Gasteiger partial charge in [-0.25, -0.2) is 4.98 Å². The molecule has 1 aromatic carbocycles. The van der Waals surface area contributed by atoms with Crippen LogP contribution >= 0.6 is 33.9 Å². The van der Waals surface area contributed by atoms with Crippen LogP contribution in [0.15, 0.2) is 0 Å². The molecular formula is C17H18IN3O2S. The van der Waals surface area contributed by atoms with Crippen molar-refractivity contribution in [2.75, 3.05) is 0 Å². The van der Waals surface area contributed by atoms with Crippen LogP contribution in [0.1, 0.15) is 32.8 Å². The number of thiazole rings is 1. The van der Waals surface area contributed by atoms with Crippen LogP contribution in [0.25, 0.3) is 16.2 Å². The van der Waals surface area contributed by atoms with Crippen molar-refractivity contribution in [1.82, 2.24) is 9.38 Å². The van der Waals surface area contributed by atoms with E-state index in [1.807, 2.05) is 27.7 Å². The van der Waals surface area contributed by atoms with E-state index in [0.29, 0.717) is 5.56 Å². The number of hydrogen-bond donors (Lipinski definition) is 0. The Morgan fingerprint density at radius 1 is 1.04 bits per heavy atom. The molecule has 0 bridgehead atoms. The summed E-state index contributed by atoms with van der Waals surface area (Å²) in [5.74, 6) is 0. The first-order valence-electron chi connectivity index (χ1n) is 7.55. The molecule has 0 atom stereocenters. The summed E-state index contributed by atoms with van der Waals surface area (Å²) in [5.41, 5.74) is 6.56. The first-order chi connectivity index (χ1) is 11.2. The molecule has 0 aliphatic carbocycles. The lowest BCUT2D eigenvalue weighted by Gasteiger charge is -2.15. The SMILES string of the molecule is Cc1sc2nc(-c3c(C)c(C)c(C)c([N+](=O)[O-])c3C)c(I)n2c1C. The quantitative estimate of drug-likeness (QED) is 0.294. The largest absolute Gasteiger partial charge is 0.282 e. The number of rotatable bonds is 2. The molecule has 2 heterocycles. The zero-order valence-electron chi connectivity index (χ0n) is 14.4. The zero-order chi connectivity index (χ0) is 17.9. The fraction of sp³-hybridized carbons (Fsp3) is 0.353. The maximum absolute atomic E-state index is 11.6. The predicted octanol–water partition coefficient (Wildman–Crippen LogP) is 5.43. The Balaban J connectivity index is 2.43. The van der Waals surface area contributed by atoms with Gasteiger partial charge >= 0.3 is 0 Å². The Hall–Kier alpha value is -1.48. The third kappa shape index (κ3) is 2.28. The Morgan fingerprint density at radius 2 is 1.67 bits per heavy atom. The van der Waals surface area contributed by atoms with Gasteiger partial charge in [-0.15, -0.1) is 11.3 Å². The smallest absolute Gasteiger partial charge is 0.276 e. The number of aryl methyl sites for hydroxylation is 2. The molecule has 0 fully saturated rings. The van der Waals surface area contributed by atoms with Crippen molar-refractivity contribution in [2.24, 2.45) is 0 Å². The van der Waals surface area contributed by atoms with Crippen LogP contribution < -0.4 is 0 Å². The maximum atomic E-state index is 11.6. The molecule has 2 aromatic heterocycles. The van der Waals surface area contributed by atoms with Crippen LogP contribution in [-0.2, 0) is 0 Å². The predicted molar refractivity (Wildman–Crippen MR) is 106 cm³/mol. The first kappa shape index (κ1) is 17.3. The highest BCUT2D eigenvalue weighted by Gasteiger charge is 2.27. The molecule has 5 nitrogen and oxygen atoms in total. The number of benzene rings is 1. The first-order valence-corrected chi connectivity index (χ1v) is 9.45. The molecule has 3 aromatic rings. The van der Waals surface area contributed by atoms with Crippen molar-refractivity contribution < 1.29 is 4.92 Å². The van der Waals surface area contributed by atoms with E-state index < -0.39 is 0 Å². The van der Waals surface area contributed by atoms with Crippen molar-refractivity contribution in [3.63, 3.8) is 0 Å². The summed E-state index contributed by atoms with van der Waals surface area (Å²) >= 11 is 3.95. The van der Waals surface area contributed by atoms with E-state index >= 15 is 0 Å². The van der Waals surface area contributed by atoms with Crippen molar-refractivity contribution in [2.45, 2.75) is 41.5 Å². The molecule has 24 heavy (non-hydrogen) atoms. The molecule has 0 aliphatic rings. The number of nitro benzene ring substituents is 1. The van der Waals surface area contributed by atoms with Crippen molar-refractivity contribution >= 4 is 44.6 Å². The summed E-state index contributed by atoms with van der Waals surface area (Å²) in [5, 5.41) is 11.6. The van der Waals surface area contributed by atoms with Gasteiger partial charge in [-0.3, -0.25) is 14.5 Å². The van der Waals surface area contributed by atoms with Crippen LogP contribution in [0.4, 0.5) is 5.69 Å². The van der Waals surface area contributed by atoms with Gasteiger partial charge < -0.3 is 0 Å². The molecular weight excluding hydrogens is 437 g/mol. The van der Waals surface area contributed by atoms with Gasteiger partial charge in [0.05, 0.1) is 4.92 Å². The monoisotopic (exact) mass is 455 g/mol. The molecule has 0 unspecified atom stereocenters. The second-order valence-electron chi connectivity index (χ2n) is 6.09. The molecule has 0 N–H and O–H groups in total. The van der Waals surface area contributed by atoms with Gasteiger partial charge in [-0.1, -0.05) is 0 Å². The van der Waals surface area contributed by atoms with Gasteiger partial charge in [0.15, 0.2) is 4.96 Å². The third-order valence-electron chi connectivity index (χ3n) is 4.88. The van der Waals surface area contributed by atoms with E-state index in [1.54, 1.807) is 11.3 Å². The van der Waals surface area contributed by atoms with Crippen molar-refractivity contribution in [3.8, 4) is 11.3 Å². The fourth-order valence-corrected chi connectivity index (χ4v) is 5.34. The minimum Gasteiger partial charge on any atom is -0.282 e. The average Bonchev–Trinajstić information content (AvgIpc) is 2.95. The highest BCUT2D eigenvalue weighted by Crippen LogP contribution is 2.40. The van der Waals surface area contributed by atoms with Crippen LogP contribution in [-0.4, -0.2) is 14.3 Å². The lowest BCUT2D eigenvalue weighted by atomic mass is 9.91. The Bertz CT molecular complexity index is 1020. The number of nitrogens with zero attached hydrogens (tertiary/aromatic N) is 3. The number of halogens is 1. The van der Waals surface area contributed by atoms with E-state index in [1.165, 1.54) is 10.6 Å². The fourth-order valence-electron chi connectivity index (χ4n) is 3.22. The van der Waals surface area contributed by atoms with Gasteiger partial charge in [0.25, 0.3) is 5.69 Å². The lowest BCUT2D eigenvalue weighted by Crippen LogP contribution is -2.04. The van der Waals surface area contributed by atoms with Gasteiger partial charge in [-0.05, 0) is 75.3 Å². The molecule has 0 aliphatic heterocycles. The molecule has 0 amide bonds.